The monoisotopic (exact) mass is 291 g/mol. The molecular formula is C17H25NOS. The van der Waals surface area contributed by atoms with E-state index in [0.717, 1.165) is 0 Å². The highest BCUT2D eigenvalue weighted by atomic mass is 32.1. The van der Waals surface area contributed by atoms with Crippen molar-refractivity contribution in [2.75, 3.05) is 0 Å². The van der Waals surface area contributed by atoms with Crippen molar-refractivity contribution in [1.82, 2.24) is 4.98 Å². The molecule has 0 saturated carbocycles. The lowest BCUT2D eigenvalue weighted by atomic mass is 10.4. The third-order valence-electron chi connectivity index (χ3n) is 1.60. The molecule has 0 radical (unpaired) electrons. The molecule has 3 heteroatoms. The van der Waals surface area contributed by atoms with Crippen LogP contribution in [-0.4, -0.2) is 4.98 Å². The normalized spacial score (nSPS) is 9.75. The van der Waals surface area contributed by atoms with Crippen molar-refractivity contribution in [3.63, 3.8) is 0 Å². The highest BCUT2D eigenvalue weighted by molar-refractivity contribution is 7.80. The van der Waals surface area contributed by atoms with Gasteiger partial charge in [0.15, 0.2) is 0 Å². The molecule has 0 aliphatic rings. The summed E-state index contributed by atoms with van der Waals surface area (Å²) in [4.78, 5) is 4.64. The molecule has 0 bridgehead atoms. The van der Waals surface area contributed by atoms with E-state index >= 15 is 0 Å². The van der Waals surface area contributed by atoms with Gasteiger partial charge >= 0.3 is 0 Å². The molecule has 0 aromatic carbocycles. The van der Waals surface area contributed by atoms with Crippen LogP contribution in [0.1, 0.15) is 27.7 Å². The highest BCUT2D eigenvalue weighted by Gasteiger charge is 2.00. The van der Waals surface area contributed by atoms with Crippen molar-refractivity contribution in [1.29, 1.82) is 0 Å². The van der Waals surface area contributed by atoms with Gasteiger partial charge in [0.2, 0.25) is 0 Å². The maximum atomic E-state index is 5.61. The summed E-state index contributed by atoms with van der Waals surface area (Å²) < 4.78 is 5.61. The number of ether oxygens (including phenoxy) is 1. The molecule has 2 nitrogen and oxygen atoms in total. The summed E-state index contributed by atoms with van der Waals surface area (Å²) in [5.41, 5.74) is 0. The van der Waals surface area contributed by atoms with Gasteiger partial charge in [0, 0.05) is 18.5 Å². The topological polar surface area (TPSA) is 22.1 Å². The van der Waals surface area contributed by atoms with E-state index in [9.17, 15) is 0 Å². The maximum absolute atomic E-state index is 5.61. The van der Waals surface area contributed by atoms with Gasteiger partial charge in [-0.1, -0.05) is 38.7 Å². The van der Waals surface area contributed by atoms with E-state index in [2.05, 4.69) is 30.8 Å². The lowest BCUT2D eigenvalue weighted by Crippen LogP contribution is -1.93. The molecule has 1 aromatic rings. The smallest absolute Gasteiger partial charge is 0.143 e. The summed E-state index contributed by atoms with van der Waals surface area (Å²) >= 11 is 4.24. The Hall–Kier alpha value is -1.74. The van der Waals surface area contributed by atoms with E-state index in [1.54, 1.807) is 36.7 Å². The Morgan fingerprint density at radius 1 is 1.30 bits per heavy atom. The first-order chi connectivity index (χ1) is 9.69. The first kappa shape index (κ1) is 20.6. The number of allylic oxidation sites excluding steroid dienone is 5. The zero-order chi connectivity index (χ0) is 15.8. The van der Waals surface area contributed by atoms with Gasteiger partial charge in [0.25, 0.3) is 0 Å². The highest BCUT2D eigenvalue weighted by Crippen LogP contribution is 2.22. The van der Waals surface area contributed by atoms with Gasteiger partial charge in [0.1, 0.15) is 11.5 Å². The van der Waals surface area contributed by atoms with Gasteiger partial charge in [-0.05, 0) is 26.0 Å². The van der Waals surface area contributed by atoms with E-state index in [1.165, 1.54) is 0 Å². The average molecular weight is 291 g/mol. The number of rotatable bonds is 4. The summed E-state index contributed by atoms with van der Waals surface area (Å²) in [5, 5.41) is 0. The van der Waals surface area contributed by atoms with Gasteiger partial charge in [-0.15, -0.1) is 19.2 Å². The van der Waals surface area contributed by atoms with Crippen LogP contribution in [0.4, 0.5) is 0 Å². The predicted molar refractivity (Wildman–Crippen MR) is 92.4 cm³/mol. The molecule has 0 atom stereocenters. The molecule has 0 fully saturated rings. The van der Waals surface area contributed by atoms with E-state index in [0.29, 0.717) is 16.4 Å². The van der Waals surface area contributed by atoms with Crippen LogP contribution < -0.4 is 4.74 Å². The molecule has 110 valence electrons. The Labute approximate surface area is 129 Å². The predicted octanol–water partition coefficient (Wildman–Crippen LogP) is 5.61. The second kappa shape index (κ2) is 15.3. The SMILES string of the molecule is C=C/C=C(\C=C/C)Oc1ccncc1S.C=CC.CC. The molecule has 1 rings (SSSR count). The second-order valence-electron chi connectivity index (χ2n) is 3.16. The molecule has 0 amide bonds. The van der Waals surface area contributed by atoms with Crippen LogP contribution in [0.3, 0.4) is 0 Å². The molecule has 1 heterocycles. The number of hydrogen-bond acceptors (Lipinski definition) is 3. The first-order valence-electron chi connectivity index (χ1n) is 6.52. The first-order valence-corrected chi connectivity index (χ1v) is 6.97. The molecule has 0 N–H and O–H groups in total. The molecule has 0 aliphatic carbocycles. The minimum atomic E-state index is 0.680. The minimum Gasteiger partial charge on any atom is -0.456 e. The van der Waals surface area contributed by atoms with E-state index < -0.39 is 0 Å². The molecule has 0 aliphatic heterocycles. The maximum Gasteiger partial charge on any atom is 0.143 e. The van der Waals surface area contributed by atoms with Crippen molar-refractivity contribution in [2.24, 2.45) is 0 Å². The number of pyridine rings is 1. The Balaban J connectivity index is 0. The van der Waals surface area contributed by atoms with Crippen LogP contribution in [0.25, 0.3) is 0 Å². The zero-order valence-corrected chi connectivity index (χ0v) is 13.7. The summed E-state index contributed by atoms with van der Waals surface area (Å²) in [5.74, 6) is 1.40. The van der Waals surface area contributed by atoms with E-state index in [4.69, 9.17) is 4.74 Å². The molecule has 0 saturated heterocycles. The Morgan fingerprint density at radius 2 is 1.90 bits per heavy atom. The minimum absolute atomic E-state index is 0.680. The van der Waals surface area contributed by atoms with Crippen LogP contribution >= 0.6 is 12.6 Å². The third kappa shape index (κ3) is 10.2. The second-order valence-corrected chi connectivity index (χ2v) is 3.64. The van der Waals surface area contributed by atoms with Crippen molar-refractivity contribution < 1.29 is 4.74 Å². The van der Waals surface area contributed by atoms with Crippen LogP contribution in [0.5, 0.6) is 5.75 Å². The quantitative estimate of drug-likeness (QED) is 0.337. The number of nitrogens with zero attached hydrogens (tertiary/aromatic N) is 1. The molecule has 20 heavy (non-hydrogen) atoms. The molecular weight excluding hydrogens is 266 g/mol. The number of hydrogen-bond donors (Lipinski definition) is 1. The van der Waals surface area contributed by atoms with Crippen LogP contribution in [0, 0.1) is 0 Å². The van der Waals surface area contributed by atoms with Gasteiger partial charge in [0.05, 0.1) is 4.90 Å². The fourth-order valence-electron chi connectivity index (χ4n) is 0.991. The molecule has 1 aromatic heterocycles. The van der Waals surface area contributed by atoms with Crippen LogP contribution in [-0.2, 0) is 0 Å². The fraction of sp³-hybridized carbons (Fsp3) is 0.235. The van der Waals surface area contributed by atoms with E-state index in [1.807, 2.05) is 39.8 Å². The van der Waals surface area contributed by atoms with Gasteiger partial charge < -0.3 is 4.74 Å². The standard InChI is InChI=1S/C12H13NOS.C3H6.C2H6/c1-3-5-10(6-4-2)14-11-7-8-13-9-12(11)15;1-3-2;1-2/h3-9,15H,1H2,2H3;3H,1H2,2H3;1-2H3/b6-4-,10-5+;;. The third-order valence-corrected chi connectivity index (χ3v) is 1.94. The van der Waals surface area contributed by atoms with Crippen molar-refractivity contribution in [3.8, 4) is 5.75 Å². The Morgan fingerprint density at radius 3 is 2.35 bits per heavy atom. The fourth-order valence-corrected chi connectivity index (χ4v) is 1.18. The lowest BCUT2D eigenvalue weighted by Gasteiger charge is -2.07. The van der Waals surface area contributed by atoms with Gasteiger partial charge in [-0.2, -0.15) is 0 Å². The van der Waals surface area contributed by atoms with Crippen molar-refractivity contribution >= 4 is 12.6 Å². The summed E-state index contributed by atoms with van der Waals surface area (Å²) in [6.45, 7) is 14.8. The Kier molecular flexibility index (Phi) is 15.8. The summed E-state index contributed by atoms with van der Waals surface area (Å²) in [7, 11) is 0. The molecule has 0 unspecified atom stereocenters. The van der Waals surface area contributed by atoms with Gasteiger partial charge in [-0.3, -0.25) is 4.98 Å². The summed E-state index contributed by atoms with van der Waals surface area (Å²) in [6.07, 6.45) is 12.3. The Bertz CT molecular complexity index is 436. The van der Waals surface area contributed by atoms with Gasteiger partial charge in [-0.25, -0.2) is 0 Å². The van der Waals surface area contributed by atoms with Crippen molar-refractivity contribution in [2.45, 2.75) is 32.6 Å². The largest absolute Gasteiger partial charge is 0.456 e. The van der Waals surface area contributed by atoms with Crippen LogP contribution in [0.2, 0.25) is 0 Å². The summed E-state index contributed by atoms with van der Waals surface area (Å²) in [6, 6.07) is 1.77. The van der Waals surface area contributed by atoms with Crippen LogP contribution in [0.15, 0.2) is 72.7 Å². The molecule has 0 spiro atoms. The number of aromatic nitrogens is 1. The van der Waals surface area contributed by atoms with Crippen molar-refractivity contribution in [3.05, 3.63) is 67.8 Å². The lowest BCUT2D eigenvalue weighted by molar-refractivity contribution is 0.433. The number of thiol groups is 1. The van der Waals surface area contributed by atoms with E-state index in [-0.39, 0.29) is 0 Å². The zero-order valence-electron chi connectivity index (χ0n) is 12.8. The average Bonchev–Trinajstić information content (AvgIpc) is 2.45.